The van der Waals surface area contributed by atoms with Gasteiger partial charge < -0.3 is 19.9 Å². The number of aliphatic hydroxyl groups excluding tert-OH is 1. The third kappa shape index (κ3) is 5.09. The maximum Gasteiger partial charge on any atom is 0.217 e. The first-order valence-corrected chi connectivity index (χ1v) is 9.05. The van der Waals surface area contributed by atoms with Crippen molar-refractivity contribution in [2.24, 2.45) is 5.73 Å². The average molecular weight is 378 g/mol. The number of amides is 1. The van der Waals surface area contributed by atoms with E-state index in [4.69, 9.17) is 10.3 Å². The highest BCUT2D eigenvalue weighted by Crippen LogP contribution is 2.22. The maximum absolute atomic E-state index is 10.7. The average Bonchev–Trinajstić information content (AvgIpc) is 3.32. The zero-order valence-corrected chi connectivity index (χ0v) is 15.6. The molecule has 7 nitrogen and oxygen atoms in total. The number of primary amides is 1. The zero-order valence-electron chi connectivity index (χ0n) is 15.6. The van der Waals surface area contributed by atoms with Crippen LogP contribution in [0.2, 0.25) is 0 Å². The zero-order chi connectivity index (χ0) is 19.9. The summed E-state index contributed by atoms with van der Waals surface area (Å²) in [4.78, 5) is 14.8. The Kier molecular flexibility index (Phi) is 6.25. The second-order valence-electron chi connectivity index (χ2n) is 6.47. The van der Waals surface area contributed by atoms with Gasteiger partial charge in [-0.15, -0.1) is 0 Å². The lowest BCUT2D eigenvalue weighted by atomic mass is 10.1. The number of rotatable bonds is 7. The van der Waals surface area contributed by atoms with Gasteiger partial charge in [0, 0.05) is 42.4 Å². The van der Waals surface area contributed by atoms with Crippen LogP contribution in [0.5, 0.6) is 0 Å². The standard InChI is InChI=1S/C21H22N4O3/c1-15(26)21-23-11-12-25(21)14-18-13-19(28-24-18)17-9-7-16(8-10-17)5-3-2-4-6-20(22)27/h7-13,15,26H,2,4,6,14H2,1H3,(H2,22,27)/t15-/m0/s1. The minimum absolute atomic E-state index is 0.298. The van der Waals surface area contributed by atoms with Gasteiger partial charge in [-0.1, -0.05) is 17.0 Å². The van der Waals surface area contributed by atoms with Crippen molar-refractivity contribution in [1.82, 2.24) is 14.7 Å². The number of nitrogens with zero attached hydrogens (tertiary/aromatic N) is 3. The van der Waals surface area contributed by atoms with Crippen molar-refractivity contribution in [3.63, 3.8) is 0 Å². The summed E-state index contributed by atoms with van der Waals surface area (Å²) in [7, 11) is 0. The van der Waals surface area contributed by atoms with Gasteiger partial charge in [0.15, 0.2) is 5.76 Å². The smallest absolute Gasteiger partial charge is 0.217 e. The Morgan fingerprint density at radius 3 is 2.86 bits per heavy atom. The molecule has 3 aromatic rings. The van der Waals surface area contributed by atoms with E-state index in [2.05, 4.69) is 22.0 Å². The fraction of sp³-hybridized carbons (Fsp3) is 0.286. The molecule has 28 heavy (non-hydrogen) atoms. The number of imidazole rings is 1. The summed E-state index contributed by atoms with van der Waals surface area (Å²) in [5.41, 5.74) is 7.64. The number of unbranched alkanes of at least 4 members (excludes halogenated alkanes) is 1. The molecule has 0 unspecified atom stereocenters. The molecular formula is C21H22N4O3. The van der Waals surface area contributed by atoms with Gasteiger partial charge in [0.1, 0.15) is 17.6 Å². The van der Waals surface area contributed by atoms with E-state index in [1.807, 2.05) is 34.9 Å². The molecular weight excluding hydrogens is 356 g/mol. The normalized spacial score (nSPS) is 11.6. The molecule has 0 bridgehead atoms. The molecule has 0 spiro atoms. The van der Waals surface area contributed by atoms with Gasteiger partial charge in [0.05, 0.1) is 6.54 Å². The summed E-state index contributed by atoms with van der Waals surface area (Å²) in [6.07, 6.45) is 4.47. The number of aromatic nitrogens is 3. The first kappa shape index (κ1) is 19.4. The van der Waals surface area contributed by atoms with Gasteiger partial charge in [-0.25, -0.2) is 4.98 Å². The molecule has 2 aromatic heterocycles. The van der Waals surface area contributed by atoms with E-state index in [9.17, 15) is 9.90 Å². The Hall–Kier alpha value is -3.37. The van der Waals surface area contributed by atoms with Crippen LogP contribution in [0.4, 0.5) is 0 Å². The van der Waals surface area contributed by atoms with Crippen LogP contribution < -0.4 is 5.73 Å². The van der Waals surface area contributed by atoms with Crippen molar-refractivity contribution in [1.29, 1.82) is 0 Å². The monoisotopic (exact) mass is 378 g/mol. The molecule has 3 N–H and O–H groups in total. The fourth-order valence-electron chi connectivity index (χ4n) is 2.75. The summed E-state index contributed by atoms with van der Waals surface area (Å²) >= 11 is 0. The van der Waals surface area contributed by atoms with E-state index >= 15 is 0 Å². The van der Waals surface area contributed by atoms with E-state index in [-0.39, 0.29) is 5.91 Å². The minimum atomic E-state index is -0.647. The van der Waals surface area contributed by atoms with Gasteiger partial charge in [0.2, 0.25) is 5.91 Å². The van der Waals surface area contributed by atoms with Crippen LogP contribution >= 0.6 is 0 Å². The van der Waals surface area contributed by atoms with Crippen molar-refractivity contribution in [2.75, 3.05) is 0 Å². The quantitative estimate of drug-likeness (QED) is 0.485. The van der Waals surface area contributed by atoms with Gasteiger partial charge in [-0.2, -0.15) is 0 Å². The van der Waals surface area contributed by atoms with Gasteiger partial charge >= 0.3 is 0 Å². The van der Waals surface area contributed by atoms with Crippen molar-refractivity contribution in [2.45, 2.75) is 38.8 Å². The number of hydrogen-bond acceptors (Lipinski definition) is 5. The predicted molar refractivity (Wildman–Crippen MR) is 104 cm³/mol. The lowest BCUT2D eigenvalue weighted by Crippen LogP contribution is -2.09. The molecule has 0 aliphatic carbocycles. The Bertz CT molecular complexity index is 991. The predicted octanol–water partition coefficient (Wildman–Crippen LogP) is 2.65. The van der Waals surface area contributed by atoms with Crippen LogP contribution in [0.1, 0.15) is 49.4 Å². The number of hydrogen-bond donors (Lipinski definition) is 2. The Morgan fingerprint density at radius 1 is 1.36 bits per heavy atom. The molecule has 7 heteroatoms. The third-order valence-electron chi connectivity index (χ3n) is 4.14. The first-order valence-electron chi connectivity index (χ1n) is 9.05. The summed E-state index contributed by atoms with van der Waals surface area (Å²) in [5.74, 6) is 7.05. The molecule has 3 rings (SSSR count). The van der Waals surface area contributed by atoms with Crippen molar-refractivity contribution < 1.29 is 14.4 Å². The lowest BCUT2D eigenvalue weighted by Gasteiger charge is -2.07. The molecule has 0 aliphatic heterocycles. The van der Waals surface area contributed by atoms with Crippen LogP contribution in [0.15, 0.2) is 47.2 Å². The van der Waals surface area contributed by atoms with E-state index < -0.39 is 6.10 Å². The minimum Gasteiger partial charge on any atom is -0.385 e. The molecule has 1 atom stereocenters. The van der Waals surface area contributed by atoms with Crippen LogP contribution in [0.3, 0.4) is 0 Å². The van der Waals surface area contributed by atoms with E-state index in [0.717, 1.165) is 16.8 Å². The number of aliphatic hydroxyl groups is 1. The van der Waals surface area contributed by atoms with Gasteiger partial charge in [0.25, 0.3) is 0 Å². The Labute approximate surface area is 163 Å². The molecule has 1 aromatic carbocycles. The van der Waals surface area contributed by atoms with Gasteiger partial charge in [-0.3, -0.25) is 4.79 Å². The largest absolute Gasteiger partial charge is 0.385 e. The molecule has 0 fully saturated rings. The highest BCUT2D eigenvalue weighted by atomic mass is 16.5. The third-order valence-corrected chi connectivity index (χ3v) is 4.14. The van der Waals surface area contributed by atoms with Gasteiger partial charge in [-0.05, 0) is 37.6 Å². The Morgan fingerprint density at radius 2 is 2.14 bits per heavy atom. The molecule has 1 amide bonds. The fourth-order valence-corrected chi connectivity index (χ4v) is 2.75. The summed E-state index contributed by atoms with van der Waals surface area (Å²) < 4.78 is 7.29. The molecule has 144 valence electrons. The number of nitrogens with two attached hydrogens (primary N) is 1. The van der Waals surface area contributed by atoms with E-state index in [1.54, 1.807) is 19.3 Å². The summed E-state index contributed by atoms with van der Waals surface area (Å²) in [5, 5.41) is 13.8. The first-order chi connectivity index (χ1) is 13.5. The molecule has 0 saturated heterocycles. The lowest BCUT2D eigenvalue weighted by molar-refractivity contribution is -0.118. The molecule has 0 aliphatic rings. The number of benzene rings is 1. The van der Waals surface area contributed by atoms with Crippen LogP contribution in [0.25, 0.3) is 11.3 Å². The summed E-state index contributed by atoms with van der Waals surface area (Å²) in [6.45, 7) is 2.15. The maximum atomic E-state index is 10.7. The SMILES string of the molecule is C[C@H](O)c1nccn1Cc1cc(-c2ccc(C#CCCCC(N)=O)cc2)on1. The second kappa shape index (κ2) is 9.02. The molecule has 0 radical (unpaired) electrons. The van der Waals surface area contributed by atoms with E-state index in [1.165, 1.54) is 0 Å². The van der Waals surface area contributed by atoms with Crippen molar-refractivity contribution in [3.8, 4) is 23.2 Å². The number of carbonyl (C=O) groups excluding carboxylic acids is 1. The van der Waals surface area contributed by atoms with Crippen molar-refractivity contribution >= 4 is 5.91 Å². The van der Waals surface area contributed by atoms with Crippen molar-refractivity contribution in [3.05, 3.63) is 59.8 Å². The van der Waals surface area contributed by atoms with Crippen LogP contribution in [0, 0.1) is 11.8 Å². The Balaban J connectivity index is 1.63. The van der Waals surface area contributed by atoms with Crippen LogP contribution in [-0.4, -0.2) is 25.7 Å². The summed E-state index contributed by atoms with van der Waals surface area (Å²) in [6, 6.07) is 9.56. The highest BCUT2D eigenvalue weighted by molar-refractivity contribution is 5.73. The topological polar surface area (TPSA) is 107 Å². The second-order valence-corrected chi connectivity index (χ2v) is 6.47. The number of carbonyl (C=O) groups is 1. The molecule has 2 heterocycles. The van der Waals surface area contributed by atoms with E-state index in [0.29, 0.717) is 37.4 Å². The van der Waals surface area contributed by atoms with Crippen LogP contribution in [-0.2, 0) is 11.3 Å². The highest BCUT2D eigenvalue weighted by Gasteiger charge is 2.12. The molecule has 0 saturated carbocycles.